The molecule has 27 heavy (non-hydrogen) atoms. The van der Waals surface area contributed by atoms with E-state index in [9.17, 15) is 4.79 Å². The zero-order valence-electron chi connectivity index (χ0n) is 15.8. The van der Waals surface area contributed by atoms with Crippen molar-refractivity contribution in [3.8, 4) is 0 Å². The summed E-state index contributed by atoms with van der Waals surface area (Å²) in [7, 11) is 4.00. The lowest BCUT2D eigenvalue weighted by Crippen LogP contribution is -2.47. The van der Waals surface area contributed by atoms with Gasteiger partial charge in [-0.25, -0.2) is 9.98 Å². The Morgan fingerprint density at radius 2 is 1.89 bits per heavy atom. The van der Waals surface area contributed by atoms with Gasteiger partial charge in [0, 0.05) is 44.6 Å². The van der Waals surface area contributed by atoms with Crippen molar-refractivity contribution in [2.45, 2.75) is 13.1 Å². The average molecular weight is 368 g/mol. The number of aryl methyl sites for hydroxylation is 1. The van der Waals surface area contributed by atoms with E-state index in [1.54, 1.807) is 10.6 Å². The maximum absolute atomic E-state index is 12.7. The number of rotatable bonds is 2. The molecule has 1 atom stereocenters. The number of hydrogen-bond donors (Lipinski definition) is 1. The van der Waals surface area contributed by atoms with Crippen LogP contribution in [0.3, 0.4) is 0 Å². The summed E-state index contributed by atoms with van der Waals surface area (Å²) < 4.78 is 7.06. The molecular weight excluding hydrogens is 344 g/mol. The van der Waals surface area contributed by atoms with Crippen molar-refractivity contribution < 1.29 is 4.74 Å². The van der Waals surface area contributed by atoms with Gasteiger partial charge < -0.3 is 14.5 Å². The summed E-state index contributed by atoms with van der Waals surface area (Å²) >= 11 is 0. The fourth-order valence-corrected chi connectivity index (χ4v) is 3.34. The minimum Gasteiger partial charge on any atom is -0.378 e. The van der Waals surface area contributed by atoms with Crippen LogP contribution in [0.1, 0.15) is 17.4 Å². The third-order valence-electron chi connectivity index (χ3n) is 4.81. The van der Waals surface area contributed by atoms with Crippen LogP contribution in [-0.2, 0) is 4.74 Å². The molecule has 0 unspecified atom stereocenters. The monoisotopic (exact) mass is 368 g/mol. The maximum Gasteiger partial charge on any atom is 0.257 e. The van der Waals surface area contributed by atoms with Crippen LogP contribution < -0.4 is 15.8 Å². The third kappa shape index (κ3) is 3.40. The normalized spacial score (nSPS) is 19.1. The predicted octanol–water partition coefficient (Wildman–Crippen LogP) is 1.28. The second kappa shape index (κ2) is 7.03. The van der Waals surface area contributed by atoms with Gasteiger partial charge in [0.15, 0.2) is 6.17 Å². The molecule has 1 saturated heterocycles. The van der Waals surface area contributed by atoms with Crippen molar-refractivity contribution in [3.63, 3.8) is 0 Å². The van der Waals surface area contributed by atoms with E-state index in [1.165, 1.54) is 0 Å². The molecule has 1 aromatic carbocycles. The average Bonchev–Trinajstić information content (AvgIpc) is 2.67. The van der Waals surface area contributed by atoms with E-state index in [4.69, 9.17) is 9.73 Å². The van der Waals surface area contributed by atoms with Crippen LogP contribution in [0.25, 0.3) is 0 Å². The van der Waals surface area contributed by atoms with Gasteiger partial charge in [-0.2, -0.15) is 0 Å². The summed E-state index contributed by atoms with van der Waals surface area (Å²) in [4.78, 5) is 26.3. The molecule has 2 aliphatic heterocycles. The van der Waals surface area contributed by atoms with E-state index in [0.717, 1.165) is 30.3 Å². The van der Waals surface area contributed by atoms with Crippen LogP contribution >= 0.6 is 0 Å². The highest BCUT2D eigenvalue weighted by Crippen LogP contribution is 2.27. The Balaban J connectivity index is 1.79. The molecule has 0 bridgehead atoms. The Morgan fingerprint density at radius 1 is 1.19 bits per heavy atom. The molecule has 4 rings (SSSR count). The van der Waals surface area contributed by atoms with E-state index in [1.807, 2.05) is 50.2 Å². The Labute approximate surface area is 158 Å². The molecule has 0 spiro atoms. The van der Waals surface area contributed by atoms with Crippen LogP contribution in [-0.4, -0.2) is 60.8 Å². The summed E-state index contributed by atoms with van der Waals surface area (Å²) in [6.45, 7) is 4.67. The molecule has 8 nitrogen and oxygen atoms in total. The lowest BCUT2D eigenvalue weighted by Gasteiger charge is -2.34. The molecule has 2 aliphatic rings. The third-order valence-corrected chi connectivity index (χ3v) is 4.81. The second-order valence-electron chi connectivity index (χ2n) is 6.97. The lowest BCUT2D eigenvalue weighted by atomic mass is 10.1. The van der Waals surface area contributed by atoms with E-state index in [2.05, 4.69) is 15.2 Å². The summed E-state index contributed by atoms with van der Waals surface area (Å²) in [6, 6.07) is 9.65. The van der Waals surface area contributed by atoms with Crippen LogP contribution in [0.4, 0.5) is 11.6 Å². The molecular formula is C19H24N6O2. The van der Waals surface area contributed by atoms with Crippen molar-refractivity contribution in [1.29, 1.82) is 0 Å². The topological polar surface area (TPSA) is 75.0 Å². The minimum atomic E-state index is -0.448. The minimum absolute atomic E-state index is 0.114. The van der Waals surface area contributed by atoms with Gasteiger partial charge in [-0.05, 0) is 24.6 Å². The number of morpholine rings is 1. The summed E-state index contributed by atoms with van der Waals surface area (Å²) in [5, 5.41) is 3.24. The Bertz CT molecular complexity index is 913. The quantitative estimate of drug-likeness (QED) is 0.861. The number of nitrogens with zero attached hydrogens (tertiary/aromatic N) is 5. The first kappa shape index (κ1) is 17.5. The van der Waals surface area contributed by atoms with Crippen molar-refractivity contribution in [2.75, 3.05) is 50.6 Å². The standard InChI is InChI=1S/C19H24N6O2/c1-13-12-16(26)25-17(14-4-6-15(7-5-14)23(2)3)21-18(22-19(25)20-13)24-8-10-27-11-9-24/h4-7,12,17H,8-11H2,1-3H3,(H,20,21,22)/t17-/m0/s1. The molecule has 0 amide bonds. The second-order valence-corrected chi connectivity index (χ2v) is 6.97. The van der Waals surface area contributed by atoms with Crippen molar-refractivity contribution in [2.24, 2.45) is 4.99 Å². The number of aliphatic imine (C=N–C) groups is 1. The molecule has 8 heteroatoms. The Hall–Kier alpha value is -2.87. The first-order chi connectivity index (χ1) is 13.0. The van der Waals surface area contributed by atoms with Gasteiger partial charge in [-0.15, -0.1) is 0 Å². The van der Waals surface area contributed by atoms with Gasteiger partial charge in [0.2, 0.25) is 11.9 Å². The zero-order chi connectivity index (χ0) is 19.0. The summed E-state index contributed by atoms with van der Waals surface area (Å²) in [6.07, 6.45) is -0.448. The molecule has 3 heterocycles. The van der Waals surface area contributed by atoms with Crippen LogP contribution in [0.2, 0.25) is 0 Å². The van der Waals surface area contributed by atoms with Gasteiger partial charge in [-0.3, -0.25) is 14.7 Å². The number of anilines is 2. The number of hydrogen-bond acceptors (Lipinski definition) is 7. The van der Waals surface area contributed by atoms with Crippen molar-refractivity contribution in [1.82, 2.24) is 14.5 Å². The molecule has 1 aromatic heterocycles. The number of ether oxygens (including phenoxy) is 1. The fourth-order valence-electron chi connectivity index (χ4n) is 3.34. The van der Waals surface area contributed by atoms with E-state index < -0.39 is 6.17 Å². The largest absolute Gasteiger partial charge is 0.378 e. The Morgan fingerprint density at radius 3 is 2.56 bits per heavy atom. The van der Waals surface area contributed by atoms with Crippen molar-refractivity contribution >= 4 is 17.6 Å². The first-order valence-corrected chi connectivity index (χ1v) is 9.08. The maximum atomic E-state index is 12.7. The number of fused-ring (bicyclic) bond motifs is 1. The number of nitrogens with one attached hydrogen (secondary N) is 1. The molecule has 1 N–H and O–H groups in total. The van der Waals surface area contributed by atoms with Gasteiger partial charge in [0.1, 0.15) is 0 Å². The van der Waals surface area contributed by atoms with Crippen LogP contribution in [0, 0.1) is 6.92 Å². The SMILES string of the molecule is Cc1cc(=O)n2c(n1)NC(N1CCOCC1)=N[C@@H]2c1ccc(N(C)C)cc1. The number of aromatic nitrogens is 2. The van der Waals surface area contributed by atoms with E-state index in [-0.39, 0.29) is 5.56 Å². The zero-order valence-corrected chi connectivity index (χ0v) is 15.8. The Kier molecular flexibility index (Phi) is 4.57. The van der Waals surface area contributed by atoms with Gasteiger partial charge in [0.25, 0.3) is 5.56 Å². The van der Waals surface area contributed by atoms with E-state index in [0.29, 0.717) is 24.9 Å². The highest BCUT2D eigenvalue weighted by Gasteiger charge is 2.28. The van der Waals surface area contributed by atoms with Crippen LogP contribution in [0.5, 0.6) is 0 Å². The molecule has 2 aromatic rings. The van der Waals surface area contributed by atoms with E-state index >= 15 is 0 Å². The highest BCUT2D eigenvalue weighted by molar-refractivity contribution is 5.93. The van der Waals surface area contributed by atoms with Gasteiger partial charge >= 0.3 is 0 Å². The van der Waals surface area contributed by atoms with Crippen LogP contribution in [0.15, 0.2) is 40.1 Å². The summed E-state index contributed by atoms with van der Waals surface area (Å²) in [5.41, 5.74) is 2.61. The lowest BCUT2D eigenvalue weighted by molar-refractivity contribution is 0.0675. The summed E-state index contributed by atoms with van der Waals surface area (Å²) in [5.74, 6) is 1.26. The molecule has 0 radical (unpaired) electrons. The molecule has 1 fully saturated rings. The molecule has 0 aliphatic carbocycles. The first-order valence-electron chi connectivity index (χ1n) is 9.08. The molecule has 0 saturated carbocycles. The van der Waals surface area contributed by atoms with Gasteiger partial charge in [0.05, 0.1) is 13.2 Å². The predicted molar refractivity (Wildman–Crippen MR) is 106 cm³/mol. The number of benzene rings is 1. The smallest absolute Gasteiger partial charge is 0.257 e. The highest BCUT2D eigenvalue weighted by atomic mass is 16.5. The number of guanidine groups is 1. The fraction of sp³-hybridized carbons (Fsp3) is 0.421. The van der Waals surface area contributed by atoms with Crippen molar-refractivity contribution in [3.05, 3.63) is 51.9 Å². The van der Waals surface area contributed by atoms with Gasteiger partial charge in [-0.1, -0.05) is 12.1 Å². The molecule has 142 valence electrons.